The lowest BCUT2D eigenvalue weighted by atomic mass is 9.88. The topological polar surface area (TPSA) is 185 Å². The van der Waals surface area contributed by atoms with E-state index in [0.29, 0.717) is 17.8 Å². The highest BCUT2D eigenvalue weighted by Crippen LogP contribution is 2.45. The highest BCUT2D eigenvalue weighted by Gasteiger charge is 2.66. The van der Waals surface area contributed by atoms with Crippen LogP contribution >= 0.6 is 0 Å². The number of anilines is 3. The van der Waals surface area contributed by atoms with Crippen LogP contribution in [0.5, 0.6) is 5.75 Å². The molecule has 45 heavy (non-hydrogen) atoms. The van der Waals surface area contributed by atoms with E-state index in [-0.39, 0.29) is 47.3 Å². The zero-order chi connectivity index (χ0) is 33.5. The summed E-state index contributed by atoms with van der Waals surface area (Å²) in [5.74, 6) is -6.63. The number of piperazine rings is 1. The number of amides is 2. The van der Waals surface area contributed by atoms with Crippen LogP contribution in [0, 0.1) is 6.92 Å². The minimum Gasteiger partial charge on any atom is -0.508 e. The molecule has 2 aromatic carbocycles. The molecule has 1 unspecified atom stereocenters. The summed E-state index contributed by atoms with van der Waals surface area (Å²) in [6.45, 7) is 0.502. The molecule has 1 fully saturated rings. The van der Waals surface area contributed by atoms with Gasteiger partial charge in [-0.3, -0.25) is 9.59 Å². The largest absolute Gasteiger partial charge is 0.508 e. The molecule has 0 aliphatic carbocycles. The summed E-state index contributed by atoms with van der Waals surface area (Å²) < 4.78 is 85.4. The van der Waals surface area contributed by atoms with E-state index in [2.05, 4.69) is 14.7 Å². The SMILES string of the molecule is Cc1ccc(C(OC(=O)C(F)(F)F)(C(N)=O)C(F)(F)F)cc1-c1cnc(N)c(N2CC(=O)N(c3ccc(O)cc3)[C@@H](CO)C2)n1. The monoisotopic (exact) mass is 642 g/mol. The van der Waals surface area contributed by atoms with Gasteiger partial charge in [-0.15, -0.1) is 0 Å². The van der Waals surface area contributed by atoms with E-state index < -0.39 is 53.9 Å². The van der Waals surface area contributed by atoms with Gasteiger partial charge in [-0.25, -0.2) is 14.8 Å². The molecule has 0 saturated carbocycles. The van der Waals surface area contributed by atoms with E-state index in [1.54, 1.807) is 0 Å². The van der Waals surface area contributed by atoms with Crippen LogP contribution in [0.15, 0.2) is 48.7 Å². The molecule has 0 bridgehead atoms. The zero-order valence-electron chi connectivity index (χ0n) is 23.1. The fourth-order valence-corrected chi connectivity index (χ4v) is 4.79. The van der Waals surface area contributed by atoms with Crippen molar-refractivity contribution in [2.24, 2.45) is 5.73 Å². The third kappa shape index (κ3) is 6.13. The summed E-state index contributed by atoms with van der Waals surface area (Å²) in [6.07, 6.45) is -10.8. The number of phenols is 1. The number of halogens is 6. The molecule has 12 nitrogen and oxygen atoms in total. The van der Waals surface area contributed by atoms with Crippen LogP contribution in [0.2, 0.25) is 0 Å². The maximum absolute atomic E-state index is 14.3. The second-order valence-corrected chi connectivity index (χ2v) is 9.92. The van der Waals surface area contributed by atoms with Crippen LogP contribution in [-0.4, -0.2) is 76.1 Å². The van der Waals surface area contributed by atoms with Crippen molar-refractivity contribution in [3.63, 3.8) is 0 Å². The number of nitrogen functional groups attached to an aromatic ring is 1. The Labute approximate surface area is 249 Å². The summed E-state index contributed by atoms with van der Waals surface area (Å²) in [5, 5.41) is 19.6. The van der Waals surface area contributed by atoms with Gasteiger partial charge in [-0.05, 0) is 42.8 Å². The number of aliphatic hydroxyl groups excluding tert-OH is 1. The van der Waals surface area contributed by atoms with Crippen molar-refractivity contribution in [2.75, 3.05) is 35.2 Å². The number of alkyl halides is 6. The van der Waals surface area contributed by atoms with Crippen LogP contribution in [0.4, 0.5) is 43.7 Å². The Hall–Kier alpha value is -5.13. The molecule has 1 aromatic heterocycles. The molecule has 1 aliphatic heterocycles. The highest BCUT2D eigenvalue weighted by atomic mass is 19.4. The molecular weight excluding hydrogens is 618 g/mol. The van der Waals surface area contributed by atoms with Crippen LogP contribution < -0.4 is 21.3 Å². The number of aromatic nitrogens is 2. The lowest BCUT2D eigenvalue weighted by Crippen LogP contribution is -2.58. The van der Waals surface area contributed by atoms with E-state index in [0.717, 1.165) is 12.3 Å². The van der Waals surface area contributed by atoms with Gasteiger partial charge in [0, 0.05) is 23.4 Å². The molecule has 6 N–H and O–H groups in total. The van der Waals surface area contributed by atoms with Crippen molar-refractivity contribution in [1.82, 2.24) is 9.97 Å². The number of aliphatic hydroxyl groups is 1. The van der Waals surface area contributed by atoms with Gasteiger partial charge in [-0.2, -0.15) is 26.3 Å². The van der Waals surface area contributed by atoms with Crippen LogP contribution in [0.1, 0.15) is 11.1 Å². The molecule has 240 valence electrons. The van der Waals surface area contributed by atoms with E-state index in [1.807, 2.05) is 0 Å². The smallest absolute Gasteiger partial charge is 0.490 e. The average Bonchev–Trinajstić information content (AvgIpc) is 2.95. The Morgan fingerprint density at radius 1 is 1.09 bits per heavy atom. The van der Waals surface area contributed by atoms with Crippen molar-refractivity contribution in [3.8, 4) is 17.0 Å². The maximum Gasteiger partial charge on any atom is 0.490 e. The maximum atomic E-state index is 14.3. The standard InChI is InChI=1S/C27H24F6N6O6/c1-13-2-3-14(25(23(35)43,27(31,32)33)45-24(44)26(28,29)30)8-18(13)19-9-36-21(34)22(37-19)38-10-16(12-40)39(20(42)11-38)15-4-6-17(41)7-5-15/h2-9,16,40-41H,10-12H2,1H3,(H2,34,36)(H2,35,43)/t16-,25?/m1/s1. The third-order valence-corrected chi connectivity index (χ3v) is 6.95. The molecule has 2 heterocycles. The number of ether oxygens (including phenoxy) is 1. The number of carbonyl (C=O) groups is 3. The van der Waals surface area contributed by atoms with Gasteiger partial charge in [0.25, 0.3) is 5.91 Å². The molecule has 4 rings (SSSR count). The highest BCUT2D eigenvalue weighted by molar-refractivity contribution is 5.99. The number of benzene rings is 2. The molecule has 1 saturated heterocycles. The Bertz CT molecular complexity index is 1630. The number of hydrogen-bond donors (Lipinski definition) is 4. The van der Waals surface area contributed by atoms with E-state index >= 15 is 0 Å². The molecule has 2 amide bonds. The first kappa shape index (κ1) is 32.8. The first-order valence-electron chi connectivity index (χ1n) is 12.8. The van der Waals surface area contributed by atoms with Gasteiger partial charge in [-0.1, -0.05) is 12.1 Å². The number of phenolic OH excluding ortho intramolecular Hbond substituents is 1. The first-order chi connectivity index (χ1) is 20.9. The van der Waals surface area contributed by atoms with Crippen molar-refractivity contribution >= 4 is 35.1 Å². The fourth-order valence-electron chi connectivity index (χ4n) is 4.79. The summed E-state index contributed by atoms with van der Waals surface area (Å²) in [6, 6.07) is 7.06. The molecule has 18 heteroatoms. The molecule has 1 aliphatic rings. The molecular formula is C27H24F6N6O6. The van der Waals surface area contributed by atoms with Crippen molar-refractivity contribution in [3.05, 3.63) is 59.8 Å². The number of carbonyl (C=O) groups excluding carboxylic acids is 3. The second kappa shape index (κ2) is 11.8. The van der Waals surface area contributed by atoms with Crippen LogP contribution in [0.25, 0.3) is 11.3 Å². The number of aryl methyl sites for hydroxylation is 1. The van der Waals surface area contributed by atoms with E-state index in [1.165, 1.54) is 41.0 Å². The predicted octanol–water partition coefficient (Wildman–Crippen LogP) is 2.30. The summed E-state index contributed by atoms with van der Waals surface area (Å²) in [4.78, 5) is 47.9. The summed E-state index contributed by atoms with van der Waals surface area (Å²) in [5.41, 5.74) is 5.37. The Morgan fingerprint density at radius 2 is 1.73 bits per heavy atom. The first-order valence-corrected chi connectivity index (χ1v) is 12.8. The summed E-state index contributed by atoms with van der Waals surface area (Å²) >= 11 is 0. The minimum atomic E-state index is -5.93. The van der Waals surface area contributed by atoms with E-state index in [9.17, 15) is 50.9 Å². The predicted molar refractivity (Wildman–Crippen MR) is 144 cm³/mol. The number of nitrogens with two attached hydrogens (primary N) is 2. The number of esters is 1. The average molecular weight is 643 g/mol. The van der Waals surface area contributed by atoms with Crippen molar-refractivity contribution < 1.29 is 55.7 Å². The van der Waals surface area contributed by atoms with Crippen LogP contribution in [-0.2, 0) is 24.7 Å². The lowest BCUT2D eigenvalue weighted by molar-refractivity contribution is -0.280. The van der Waals surface area contributed by atoms with E-state index in [4.69, 9.17) is 11.5 Å². The molecule has 3 aromatic rings. The van der Waals surface area contributed by atoms with Gasteiger partial charge < -0.3 is 36.2 Å². The van der Waals surface area contributed by atoms with Gasteiger partial charge in [0.1, 0.15) is 5.75 Å². The second-order valence-electron chi connectivity index (χ2n) is 9.92. The van der Waals surface area contributed by atoms with Gasteiger partial charge in [0.15, 0.2) is 11.6 Å². The Kier molecular flexibility index (Phi) is 8.56. The molecule has 0 spiro atoms. The number of nitrogens with zero attached hydrogens (tertiary/aromatic N) is 4. The van der Waals surface area contributed by atoms with Crippen molar-refractivity contribution in [2.45, 2.75) is 30.9 Å². The quantitative estimate of drug-likeness (QED) is 0.220. The van der Waals surface area contributed by atoms with Gasteiger partial charge in [0.05, 0.1) is 31.1 Å². The fraction of sp³-hybridized carbons (Fsp3) is 0.296. The number of hydrogen-bond acceptors (Lipinski definition) is 10. The Balaban J connectivity index is 1.77. The number of primary amides is 1. The normalized spacial score (nSPS) is 17.2. The Morgan fingerprint density at radius 3 is 2.29 bits per heavy atom. The third-order valence-electron chi connectivity index (χ3n) is 6.95. The van der Waals surface area contributed by atoms with Crippen LogP contribution in [0.3, 0.4) is 0 Å². The number of rotatable bonds is 7. The zero-order valence-corrected chi connectivity index (χ0v) is 23.1. The molecule has 2 atom stereocenters. The number of aromatic hydroxyl groups is 1. The molecule has 0 radical (unpaired) electrons. The van der Waals surface area contributed by atoms with Gasteiger partial charge in [0.2, 0.25) is 5.91 Å². The minimum absolute atomic E-state index is 0.0449. The van der Waals surface area contributed by atoms with Gasteiger partial charge >= 0.3 is 23.9 Å². The van der Waals surface area contributed by atoms with Crippen molar-refractivity contribution in [1.29, 1.82) is 0 Å². The lowest BCUT2D eigenvalue weighted by Gasteiger charge is -2.41. The summed E-state index contributed by atoms with van der Waals surface area (Å²) in [7, 11) is 0.